The maximum Gasteiger partial charge on any atom is 0.227 e. The van der Waals surface area contributed by atoms with Crippen LogP contribution in [0.3, 0.4) is 0 Å². The van der Waals surface area contributed by atoms with Crippen LogP contribution in [0.1, 0.15) is 19.3 Å². The molecule has 3 fully saturated rings. The first-order chi connectivity index (χ1) is 12.7. The summed E-state index contributed by atoms with van der Waals surface area (Å²) in [7, 11) is 0. The fourth-order valence-corrected chi connectivity index (χ4v) is 4.96. The molecule has 0 bridgehead atoms. The molecule has 0 unspecified atom stereocenters. The fourth-order valence-electron chi connectivity index (χ4n) is 4.26. The summed E-state index contributed by atoms with van der Waals surface area (Å²) in [5.74, 6) is 0.315. The van der Waals surface area contributed by atoms with E-state index < -0.39 is 0 Å². The molecule has 0 aromatic carbocycles. The highest BCUT2D eigenvalue weighted by Gasteiger charge is 2.36. The van der Waals surface area contributed by atoms with Crippen molar-refractivity contribution in [3.63, 3.8) is 0 Å². The predicted molar refractivity (Wildman–Crippen MR) is 101 cm³/mol. The van der Waals surface area contributed by atoms with Gasteiger partial charge in [0.05, 0.1) is 11.8 Å². The number of piperazine rings is 1. The van der Waals surface area contributed by atoms with Gasteiger partial charge in [-0.15, -0.1) is 11.3 Å². The van der Waals surface area contributed by atoms with Crippen LogP contribution in [0.2, 0.25) is 0 Å². The molecule has 26 heavy (non-hydrogen) atoms. The van der Waals surface area contributed by atoms with Gasteiger partial charge in [0, 0.05) is 63.9 Å². The van der Waals surface area contributed by atoms with Crippen LogP contribution in [-0.4, -0.2) is 79.0 Å². The monoisotopic (exact) mass is 377 g/mol. The Hall–Kier alpha value is -1.67. The van der Waals surface area contributed by atoms with Gasteiger partial charge >= 0.3 is 0 Å². The summed E-state index contributed by atoms with van der Waals surface area (Å²) in [5.41, 5.74) is 0. The van der Waals surface area contributed by atoms with Crippen LogP contribution < -0.4 is 10.2 Å². The number of carbonyl (C=O) groups is 2. The molecule has 3 aliphatic rings. The topological polar surface area (TPSA) is 68.8 Å². The number of hydrogen-bond acceptors (Lipinski definition) is 6. The number of aromatic nitrogens is 1. The average Bonchev–Trinajstić information content (AvgIpc) is 3.41. The van der Waals surface area contributed by atoms with Gasteiger partial charge in [0.25, 0.3) is 0 Å². The lowest BCUT2D eigenvalue weighted by molar-refractivity contribution is -0.140. The summed E-state index contributed by atoms with van der Waals surface area (Å²) < 4.78 is 0. The van der Waals surface area contributed by atoms with Crippen molar-refractivity contribution < 1.29 is 9.59 Å². The molecule has 3 saturated heterocycles. The van der Waals surface area contributed by atoms with Crippen LogP contribution in [0.15, 0.2) is 11.6 Å². The molecule has 0 radical (unpaired) electrons. The van der Waals surface area contributed by atoms with Crippen molar-refractivity contribution in [2.75, 3.05) is 57.3 Å². The minimum atomic E-state index is -0.0771. The molecule has 0 aliphatic carbocycles. The molecule has 0 saturated carbocycles. The molecule has 3 aliphatic heterocycles. The molecule has 1 aromatic heterocycles. The van der Waals surface area contributed by atoms with Crippen molar-refractivity contribution in [3.05, 3.63) is 11.6 Å². The lowest BCUT2D eigenvalue weighted by atomic mass is 9.88. The van der Waals surface area contributed by atoms with E-state index in [9.17, 15) is 9.59 Å². The second-order valence-electron chi connectivity index (χ2n) is 7.45. The molecular formula is C18H27N5O2S. The second kappa shape index (κ2) is 7.92. The predicted octanol–water partition coefficient (Wildman–Crippen LogP) is 0.640. The van der Waals surface area contributed by atoms with E-state index in [-0.39, 0.29) is 23.7 Å². The van der Waals surface area contributed by atoms with Gasteiger partial charge in [-0.2, -0.15) is 0 Å². The number of rotatable bonds is 3. The fraction of sp³-hybridized carbons (Fsp3) is 0.722. The zero-order valence-corrected chi connectivity index (χ0v) is 15.9. The second-order valence-corrected chi connectivity index (χ2v) is 8.32. The lowest BCUT2D eigenvalue weighted by Gasteiger charge is -2.38. The summed E-state index contributed by atoms with van der Waals surface area (Å²) in [6.07, 6.45) is 4.73. The smallest absolute Gasteiger partial charge is 0.227 e. The molecule has 1 N–H and O–H groups in total. The minimum absolute atomic E-state index is 0.0487. The molecule has 2 amide bonds. The number of nitrogens with one attached hydrogen (secondary N) is 1. The zero-order valence-electron chi connectivity index (χ0n) is 15.1. The Morgan fingerprint density at radius 3 is 2.15 bits per heavy atom. The van der Waals surface area contributed by atoms with Crippen LogP contribution in [0.25, 0.3) is 0 Å². The molecule has 4 rings (SSSR count). The Balaban J connectivity index is 1.31. The molecule has 1 aromatic rings. The van der Waals surface area contributed by atoms with Gasteiger partial charge in [0.2, 0.25) is 11.8 Å². The first-order valence-electron chi connectivity index (χ1n) is 9.65. The third-order valence-corrected chi connectivity index (χ3v) is 6.58. The minimum Gasteiger partial charge on any atom is -0.345 e. The number of nitrogens with zero attached hydrogens (tertiary/aromatic N) is 4. The van der Waals surface area contributed by atoms with Crippen molar-refractivity contribution in [2.45, 2.75) is 19.3 Å². The van der Waals surface area contributed by atoms with E-state index in [2.05, 4.69) is 15.2 Å². The number of thiazole rings is 1. The summed E-state index contributed by atoms with van der Waals surface area (Å²) >= 11 is 1.64. The lowest BCUT2D eigenvalue weighted by Crippen LogP contribution is -2.54. The van der Waals surface area contributed by atoms with Crippen LogP contribution in [0.5, 0.6) is 0 Å². The number of piperidine rings is 1. The summed E-state index contributed by atoms with van der Waals surface area (Å²) in [6.45, 7) is 6.29. The summed E-state index contributed by atoms with van der Waals surface area (Å²) in [5, 5.41) is 6.35. The molecule has 2 atom stereocenters. The molecular weight excluding hydrogens is 350 g/mol. The van der Waals surface area contributed by atoms with Crippen molar-refractivity contribution in [3.8, 4) is 0 Å². The van der Waals surface area contributed by atoms with Crippen LogP contribution in [0, 0.1) is 11.8 Å². The molecule has 0 spiro atoms. The highest BCUT2D eigenvalue weighted by Crippen LogP contribution is 2.24. The Kier molecular flexibility index (Phi) is 5.40. The SMILES string of the molecule is O=C([C@@H]1CNC[C@H](C(=O)N2CCN(c3nccs3)CC2)C1)N1CCCC1. The maximum absolute atomic E-state index is 13.0. The highest BCUT2D eigenvalue weighted by atomic mass is 32.1. The third-order valence-electron chi connectivity index (χ3n) is 5.75. The van der Waals surface area contributed by atoms with Crippen molar-refractivity contribution in [1.29, 1.82) is 0 Å². The number of hydrogen-bond donors (Lipinski definition) is 1. The Morgan fingerprint density at radius 1 is 0.962 bits per heavy atom. The van der Waals surface area contributed by atoms with E-state index in [1.54, 1.807) is 11.3 Å². The van der Waals surface area contributed by atoms with Crippen molar-refractivity contribution >= 4 is 28.3 Å². The van der Waals surface area contributed by atoms with Crippen molar-refractivity contribution in [1.82, 2.24) is 20.1 Å². The Bertz CT molecular complexity index is 624. The van der Waals surface area contributed by atoms with Gasteiger partial charge in [0.15, 0.2) is 5.13 Å². The molecule has 142 valence electrons. The van der Waals surface area contributed by atoms with Gasteiger partial charge in [-0.05, 0) is 19.3 Å². The van der Waals surface area contributed by atoms with E-state index in [4.69, 9.17) is 0 Å². The average molecular weight is 378 g/mol. The van der Waals surface area contributed by atoms with Crippen molar-refractivity contribution in [2.24, 2.45) is 11.8 Å². The highest BCUT2D eigenvalue weighted by molar-refractivity contribution is 7.13. The van der Waals surface area contributed by atoms with E-state index in [1.165, 1.54) is 0 Å². The zero-order chi connectivity index (χ0) is 17.9. The number of anilines is 1. The Labute approximate surface area is 158 Å². The summed E-state index contributed by atoms with van der Waals surface area (Å²) in [6, 6.07) is 0. The van der Waals surface area contributed by atoms with Crippen LogP contribution in [0.4, 0.5) is 5.13 Å². The number of carbonyl (C=O) groups excluding carboxylic acids is 2. The quantitative estimate of drug-likeness (QED) is 0.837. The van der Waals surface area contributed by atoms with Gasteiger partial charge in [-0.1, -0.05) is 0 Å². The van der Waals surface area contributed by atoms with Gasteiger partial charge in [-0.25, -0.2) is 4.98 Å². The first-order valence-corrected chi connectivity index (χ1v) is 10.5. The first kappa shape index (κ1) is 17.7. The van der Waals surface area contributed by atoms with Crippen LogP contribution >= 0.6 is 11.3 Å². The normalized spacial score (nSPS) is 27.0. The van der Waals surface area contributed by atoms with E-state index in [1.807, 2.05) is 21.4 Å². The molecule has 8 heteroatoms. The molecule has 7 nitrogen and oxygen atoms in total. The van der Waals surface area contributed by atoms with E-state index in [0.29, 0.717) is 19.5 Å². The Morgan fingerprint density at radius 2 is 1.58 bits per heavy atom. The van der Waals surface area contributed by atoms with Gasteiger partial charge < -0.3 is 20.0 Å². The maximum atomic E-state index is 13.0. The largest absolute Gasteiger partial charge is 0.345 e. The van der Waals surface area contributed by atoms with Gasteiger partial charge in [-0.3, -0.25) is 9.59 Å². The van der Waals surface area contributed by atoms with E-state index >= 15 is 0 Å². The number of amides is 2. The standard InChI is InChI=1S/C18H27N5O2S/c24-16(21-4-1-2-5-21)14-11-15(13-19-12-14)17(25)22-6-8-23(9-7-22)18-20-3-10-26-18/h3,10,14-15,19H,1-2,4-9,11-13H2/t14-,15+/m0/s1. The van der Waals surface area contributed by atoms with Crippen LogP contribution in [-0.2, 0) is 9.59 Å². The number of likely N-dealkylation sites (tertiary alicyclic amines) is 1. The molecule has 4 heterocycles. The van der Waals surface area contributed by atoms with E-state index in [0.717, 1.165) is 57.2 Å². The third kappa shape index (κ3) is 3.71. The van der Waals surface area contributed by atoms with Gasteiger partial charge in [0.1, 0.15) is 0 Å². The summed E-state index contributed by atoms with van der Waals surface area (Å²) in [4.78, 5) is 36.2.